The van der Waals surface area contributed by atoms with Gasteiger partial charge in [-0.05, 0) is 38.6 Å². The van der Waals surface area contributed by atoms with Gasteiger partial charge in [-0.1, -0.05) is 0 Å². The first-order chi connectivity index (χ1) is 7.33. The summed E-state index contributed by atoms with van der Waals surface area (Å²) in [6, 6.07) is 1.53. The zero-order chi connectivity index (χ0) is 10.3. The van der Waals surface area contributed by atoms with Gasteiger partial charge in [0.05, 0.1) is 0 Å². The maximum Gasteiger partial charge on any atom is 0.315 e. The Bertz CT molecular complexity index is 265. The minimum atomic E-state index is 0.0521. The third-order valence-corrected chi connectivity index (χ3v) is 3.84. The van der Waals surface area contributed by atoms with Crippen molar-refractivity contribution >= 4 is 6.03 Å². The fourth-order valence-electron chi connectivity index (χ4n) is 2.87. The van der Waals surface area contributed by atoms with Crippen molar-refractivity contribution in [1.82, 2.24) is 15.5 Å². The smallest absolute Gasteiger partial charge is 0.315 e. The minimum absolute atomic E-state index is 0.0521. The van der Waals surface area contributed by atoms with E-state index >= 15 is 0 Å². The molecule has 2 saturated heterocycles. The largest absolute Gasteiger partial charge is 0.335 e. The molecule has 1 aliphatic carbocycles. The maximum atomic E-state index is 11.6. The molecule has 1 saturated carbocycles. The van der Waals surface area contributed by atoms with Gasteiger partial charge in [0, 0.05) is 24.7 Å². The normalized spacial score (nSPS) is 35.2. The Labute approximate surface area is 90.4 Å². The Morgan fingerprint density at radius 1 is 1.07 bits per heavy atom. The van der Waals surface area contributed by atoms with Crippen LogP contribution in [0.15, 0.2) is 0 Å². The minimum Gasteiger partial charge on any atom is -0.335 e. The van der Waals surface area contributed by atoms with Crippen LogP contribution in [0.2, 0.25) is 0 Å². The molecule has 0 radical (unpaired) electrons. The van der Waals surface area contributed by atoms with Crippen molar-refractivity contribution < 1.29 is 4.79 Å². The van der Waals surface area contributed by atoms with Crippen LogP contribution in [0.1, 0.15) is 32.1 Å². The monoisotopic (exact) mass is 209 g/mol. The van der Waals surface area contributed by atoms with E-state index in [1.807, 2.05) is 0 Å². The molecular weight excluding hydrogens is 190 g/mol. The van der Waals surface area contributed by atoms with Gasteiger partial charge in [0.1, 0.15) is 0 Å². The van der Waals surface area contributed by atoms with Crippen LogP contribution in [0.5, 0.6) is 0 Å². The Morgan fingerprint density at radius 3 is 2.73 bits per heavy atom. The van der Waals surface area contributed by atoms with Gasteiger partial charge in [-0.3, -0.25) is 4.90 Å². The average Bonchev–Trinajstić information content (AvgIpc) is 2.78. The maximum absolute atomic E-state index is 11.6. The lowest BCUT2D eigenvalue weighted by molar-refractivity contribution is 0.231. The van der Waals surface area contributed by atoms with Gasteiger partial charge in [0.2, 0.25) is 0 Å². The molecule has 0 spiro atoms. The second-order valence-corrected chi connectivity index (χ2v) is 5.03. The number of fused-ring (bicyclic) bond motifs is 1. The summed E-state index contributed by atoms with van der Waals surface area (Å²) < 4.78 is 0. The molecule has 0 aromatic carbocycles. The lowest BCUT2D eigenvalue weighted by Gasteiger charge is -2.21. The zero-order valence-electron chi connectivity index (χ0n) is 9.04. The molecule has 0 aromatic heterocycles. The second-order valence-electron chi connectivity index (χ2n) is 5.03. The predicted octanol–water partition coefficient (Wildman–Crippen LogP) is 0.685. The van der Waals surface area contributed by atoms with Crippen LogP contribution in [-0.2, 0) is 0 Å². The highest BCUT2D eigenvalue weighted by Gasteiger charge is 2.38. The number of amides is 2. The number of carbonyl (C=O) groups excluding carboxylic acids is 1. The van der Waals surface area contributed by atoms with E-state index in [9.17, 15) is 4.79 Å². The molecule has 0 aromatic rings. The summed E-state index contributed by atoms with van der Waals surface area (Å²) in [5, 5.41) is 6.12. The number of hydrogen-bond donors (Lipinski definition) is 2. The molecule has 4 nitrogen and oxygen atoms in total. The summed E-state index contributed by atoms with van der Waals surface area (Å²) in [6.07, 6.45) is 6.01. The van der Waals surface area contributed by atoms with Gasteiger partial charge in [-0.15, -0.1) is 0 Å². The van der Waals surface area contributed by atoms with Crippen molar-refractivity contribution in [2.45, 2.75) is 50.2 Å². The zero-order valence-corrected chi connectivity index (χ0v) is 9.04. The third-order valence-electron chi connectivity index (χ3n) is 3.84. The summed E-state index contributed by atoms with van der Waals surface area (Å²) in [6.45, 7) is 2.39. The molecule has 3 fully saturated rings. The lowest BCUT2D eigenvalue weighted by Crippen LogP contribution is -2.47. The van der Waals surface area contributed by atoms with Crippen molar-refractivity contribution in [3.63, 3.8) is 0 Å². The van der Waals surface area contributed by atoms with Gasteiger partial charge in [0.25, 0.3) is 0 Å². The number of hydrogen-bond acceptors (Lipinski definition) is 2. The summed E-state index contributed by atoms with van der Waals surface area (Å²) >= 11 is 0. The van der Waals surface area contributed by atoms with Gasteiger partial charge in [-0.25, -0.2) is 4.79 Å². The SMILES string of the molecule is O=C(NC1CC1)NC1CCN2CCCC12. The molecule has 4 heteroatoms. The Kier molecular flexibility index (Phi) is 2.31. The average molecular weight is 209 g/mol. The summed E-state index contributed by atoms with van der Waals surface area (Å²) in [4.78, 5) is 14.1. The number of nitrogens with zero attached hydrogens (tertiary/aromatic N) is 1. The van der Waals surface area contributed by atoms with Crippen LogP contribution in [0.3, 0.4) is 0 Å². The summed E-state index contributed by atoms with van der Waals surface area (Å²) in [5.41, 5.74) is 0. The first-order valence-electron chi connectivity index (χ1n) is 6.14. The molecule has 3 rings (SSSR count). The molecule has 2 unspecified atom stereocenters. The van der Waals surface area contributed by atoms with E-state index in [0.29, 0.717) is 18.1 Å². The molecule has 84 valence electrons. The molecular formula is C11H19N3O. The van der Waals surface area contributed by atoms with Crippen LogP contribution < -0.4 is 10.6 Å². The standard InChI is InChI=1S/C11H19N3O/c15-11(12-8-3-4-8)13-9-5-7-14-6-1-2-10(9)14/h8-10H,1-7H2,(H2,12,13,15). The van der Waals surface area contributed by atoms with E-state index in [1.165, 1.54) is 25.9 Å². The van der Waals surface area contributed by atoms with Crippen LogP contribution in [-0.4, -0.2) is 42.1 Å². The van der Waals surface area contributed by atoms with Gasteiger partial charge >= 0.3 is 6.03 Å². The molecule has 0 bridgehead atoms. The number of rotatable bonds is 2. The van der Waals surface area contributed by atoms with Crippen LogP contribution in [0.4, 0.5) is 4.79 Å². The molecule has 2 N–H and O–H groups in total. The number of urea groups is 1. The summed E-state index contributed by atoms with van der Waals surface area (Å²) in [5.74, 6) is 0. The highest BCUT2D eigenvalue weighted by atomic mass is 16.2. The lowest BCUT2D eigenvalue weighted by atomic mass is 10.1. The van der Waals surface area contributed by atoms with Crippen molar-refractivity contribution in [1.29, 1.82) is 0 Å². The van der Waals surface area contributed by atoms with E-state index in [4.69, 9.17) is 0 Å². The Morgan fingerprint density at radius 2 is 1.93 bits per heavy atom. The second kappa shape index (κ2) is 3.67. The molecule has 2 atom stereocenters. The molecule has 2 amide bonds. The van der Waals surface area contributed by atoms with Crippen LogP contribution in [0, 0.1) is 0 Å². The van der Waals surface area contributed by atoms with Crippen molar-refractivity contribution in [3.05, 3.63) is 0 Å². The number of nitrogens with one attached hydrogen (secondary N) is 2. The Hall–Kier alpha value is -0.770. The first-order valence-corrected chi connectivity index (χ1v) is 6.14. The van der Waals surface area contributed by atoms with Crippen LogP contribution in [0.25, 0.3) is 0 Å². The quantitative estimate of drug-likeness (QED) is 0.702. The van der Waals surface area contributed by atoms with Crippen molar-refractivity contribution in [2.24, 2.45) is 0 Å². The van der Waals surface area contributed by atoms with E-state index in [1.54, 1.807) is 0 Å². The van der Waals surface area contributed by atoms with Gasteiger partial charge in [-0.2, -0.15) is 0 Å². The fourth-order valence-corrected chi connectivity index (χ4v) is 2.87. The topological polar surface area (TPSA) is 44.4 Å². The van der Waals surface area contributed by atoms with Gasteiger partial charge < -0.3 is 10.6 Å². The van der Waals surface area contributed by atoms with Crippen molar-refractivity contribution in [2.75, 3.05) is 13.1 Å². The Balaban J connectivity index is 1.51. The van der Waals surface area contributed by atoms with Crippen LogP contribution >= 0.6 is 0 Å². The summed E-state index contributed by atoms with van der Waals surface area (Å²) in [7, 11) is 0. The van der Waals surface area contributed by atoms with E-state index in [0.717, 1.165) is 19.3 Å². The van der Waals surface area contributed by atoms with Gasteiger partial charge in [0.15, 0.2) is 0 Å². The van der Waals surface area contributed by atoms with Crippen molar-refractivity contribution in [3.8, 4) is 0 Å². The van der Waals surface area contributed by atoms with E-state index < -0.39 is 0 Å². The molecule has 2 aliphatic heterocycles. The first kappa shape index (κ1) is 9.46. The van der Waals surface area contributed by atoms with E-state index in [-0.39, 0.29) is 6.03 Å². The fraction of sp³-hybridized carbons (Fsp3) is 0.909. The highest BCUT2D eigenvalue weighted by molar-refractivity contribution is 5.75. The highest BCUT2D eigenvalue weighted by Crippen LogP contribution is 2.28. The molecule has 15 heavy (non-hydrogen) atoms. The van der Waals surface area contributed by atoms with E-state index in [2.05, 4.69) is 15.5 Å². The molecule has 3 aliphatic rings. The molecule has 2 heterocycles. The predicted molar refractivity (Wildman–Crippen MR) is 57.7 cm³/mol. The third kappa shape index (κ3) is 1.95. The number of carbonyl (C=O) groups is 1.